The Bertz CT molecular complexity index is 6640. The quantitative estimate of drug-likeness (QED) is 0.165. The summed E-state index contributed by atoms with van der Waals surface area (Å²) < 4.78 is 16.2. The van der Waals surface area contributed by atoms with Crippen LogP contribution in [0.1, 0.15) is 47.2 Å². The van der Waals surface area contributed by atoms with Gasteiger partial charge in [0.05, 0.1) is 0 Å². The Morgan fingerprint density at radius 2 is 0.273 bits per heavy atom. The maximum Gasteiger partial charge on any atom is 0.147 e. The lowest BCUT2D eigenvalue weighted by atomic mass is 9.63. The van der Waals surface area contributed by atoms with E-state index in [4.69, 9.17) is 9.47 Å². The third kappa shape index (κ3) is 1.25. The van der Waals surface area contributed by atoms with Crippen molar-refractivity contribution in [2.75, 3.05) is 13.2 Å². The van der Waals surface area contributed by atoms with E-state index in [-0.39, 0.29) is 0 Å². The molecule has 0 saturated heterocycles. The van der Waals surface area contributed by atoms with Gasteiger partial charge in [0.2, 0.25) is 0 Å². The fourth-order valence-corrected chi connectivity index (χ4v) is 24.0. The number of ether oxygens (including phenoxy) is 2. The molecule has 0 aliphatic heterocycles. The van der Waals surface area contributed by atoms with E-state index < -0.39 is 11.2 Å². The van der Waals surface area contributed by atoms with Crippen LogP contribution in [-0.4, -0.2) is 13.2 Å². The minimum atomic E-state index is -0.711. The van der Waals surface area contributed by atoms with Crippen molar-refractivity contribution < 1.29 is 9.47 Å². The van der Waals surface area contributed by atoms with E-state index in [1.165, 1.54) is 33.4 Å². The maximum absolute atomic E-state index is 8.12. The number of hydrogen-bond donors (Lipinski definition) is 0. The summed E-state index contributed by atoms with van der Waals surface area (Å²) in [5.41, 5.74) is 7.61. The Morgan fingerprint density at radius 1 is 0.167 bits per heavy atom. The summed E-state index contributed by atoms with van der Waals surface area (Å²) in [6.45, 7) is 5.93. The van der Waals surface area contributed by atoms with E-state index in [2.05, 4.69) is 13.8 Å². The summed E-state index contributed by atoms with van der Waals surface area (Å²) in [5.74, 6) is 0. The second-order valence-electron chi connectivity index (χ2n) is 24.0. The van der Waals surface area contributed by atoms with E-state index in [0.29, 0.717) is 13.2 Å². The van der Waals surface area contributed by atoms with Gasteiger partial charge >= 0.3 is 0 Å². The molecule has 0 aromatic heterocycles. The van der Waals surface area contributed by atoms with Crippen LogP contribution in [0.3, 0.4) is 0 Å². The standard InChI is InChI=1S/C64H10O2/c1-3-65-63-57-49-40-33-20-13-7-8-10-6-5-9(7)18(20)24-22-11(5)15-12(6)23-25-19(10)21-14(8)17-16(13)27-35-28(17)37-34(21)41-39(25)43-30(23)32-26(15)31-29(22)42(38(24)40)53(57)55-44(31)45(32)56-54(43)58-50(41)47(37)52-48(35)51(46(49)36(27)33)59(63)60(52)64(58,66-4-2)62(56)61(55)63/h3-4H2,1-2H3/t63-,64+. The van der Waals surface area contributed by atoms with Crippen LogP contribution in [0, 0.1) is 0 Å². The molecule has 0 unspecified atom stereocenters. The zero-order valence-electron chi connectivity index (χ0n) is 34.2. The lowest BCUT2D eigenvalue weighted by Crippen LogP contribution is -2.45. The fraction of sp³-hybridized carbons (Fsp3) is 0.0938. The molecule has 0 radical (unpaired) electrons. The van der Waals surface area contributed by atoms with Gasteiger partial charge < -0.3 is 9.47 Å². The third-order valence-electron chi connectivity index (χ3n) is 23.8. The molecule has 0 heterocycles. The molecule has 5 aliphatic carbocycles. The second kappa shape index (κ2) is 5.48. The van der Waals surface area contributed by atoms with Crippen LogP contribution in [0.4, 0.5) is 0 Å². The van der Waals surface area contributed by atoms with Crippen molar-refractivity contribution in [3.8, 4) is 0 Å². The van der Waals surface area contributed by atoms with E-state index in [0.717, 1.165) is 0 Å². The first-order chi connectivity index (χ1) is 32.9. The molecule has 66 heavy (non-hydrogen) atoms. The Morgan fingerprint density at radius 3 is 0.439 bits per heavy atom. The first kappa shape index (κ1) is 24.6. The second-order valence-corrected chi connectivity index (χ2v) is 24.0. The van der Waals surface area contributed by atoms with Gasteiger partial charge in [-0.05, 0) is 294 Å². The largest absolute Gasteiger partial charge is 0.361 e. The van der Waals surface area contributed by atoms with Gasteiger partial charge in [0.15, 0.2) is 0 Å². The first-order valence-corrected chi connectivity index (χ1v) is 24.9. The number of rotatable bonds is 4. The minimum Gasteiger partial charge on any atom is -0.361 e. The molecule has 5 aliphatic rings. The van der Waals surface area contributed by atoms with Crippen LogP contribution < -0.4 is 0 Å². The van der Waals surface area contributed by atoms with Gasteiger partial charge in [0, 0.05) is 46.6 Å². The van der Waals surface area contributed by atoms with E-state index in [9.17, 15) is 0 Å². The van der Waals surface area contributed by atoms with E-state index in [1.807, 2.05) is 0 Å². The van der Waals surface area contributed by atoms with Crippen molar-refractivity contribution in [2.24, 2.45) is 0 Å². The van der Waals surface area contributed by atoms with Crippen molar-refractivity contribution >= 4 is 280 Å². The fourth-order valence-electron chi connectivity index (χ4n) is 24.0. The molecule has 0 amide bonds. The van der Waals surface area contributed by atoms with Crippen molar-refractivity contribution in [2.45, 2.75) is 25.0 Å². The SMILES string of the molecule is CCO[C@]12c3c4c5c6c7c8c9c%10c(c1c1c%11c2c2c%12c3c5c3c5c%12c%12c2c2c%11c%11c%13c1c%10c1c%10c9c9c7c7c6c3c3c5c5c%12c6c2c%11c2c(c%131)c1c%10c9c9c7c3c3c9c1c2c6c53)[C@@]48OCC. The Kier molecular flexibility index (Phi) is 2.04. The smallest absolute Gasteiger partial charge is 0.147 e. The molecule has 27 aromatic rings. The summed E-state index contributed by atoms with van der Waals surface area (Å²) >= 11 is 0. The molecule has 0 spiro atoms. The van der Waals surface area contributed by atoms with Gasteiger partial charge in [-0.1, -0.05) is 0 Å². The van der Waals surface area contributed by atoms with Crippen LogP contribution >= 0.6 is 0 Å². The highest BCUT2D eigenvalue weighted by Crippen LogP contribution is 2.84. The summed E-state index contributed by atoms with van der Waals surface area (Å²) in [5, 5.41) is 83.4. The Balaban J connectivity index is 1.27. The molecule has 0 N–H and O–H groups in total. The van der Waals surface area contributed by atoms with Gasteiger partial charge in [0.1, 0.15) is 11.2 Å². The first-order valence-electron chi connectivity index (χ1n) is 24.9. The monoisotopic (exact) mass is 810 g/mol. The van der Waals surface area contributed by atoms with E-state index in [1.54, 1.807) is 280 Å². The molecule has 32 rings (SSSR count). The molecule has 0 fully saturated rings. The van der Waals surface area contributed by atoms with Crippen molar-refractivity contribution in [3.63, 3.8) is 0 Å². The lowest BCUT2D eigenvalue weighted by molar-refractivity contribution is -0.00823. The number of hydrogen-bond acceptors (Lipinski definition) is 2. The van der Waals surface area contributed by atoms with Crippen molar-refractivity contribution in [1.29, 1.82) is 0 Å². The molecule has 0 bridgehead atoms. The average Bonchev–Trinajstić information content (AvgIpc) is 4.17. The van der Waals surface area contributed by atoms with Gasteiger partial charge in [0.25, 0.3) is 0 Å². The Labute approximate surface area is 359 Å². The average molecular weight is 811 g/mol. The number of benzene rings is 17. The highest BCUT2D eigenvalue weighted by atomic mass is 16.5. The van der Waals surface area contributed by atoms with Crippen molar-refractivity contribution in [1.82, 2.24) is 0 Å². The van der Waals surface area contributed by atoms with Crippen LogP contribution in [0.15, 0.2) is 0 Å². The third-order valence-corrected chi connectivity index (χ3v) is 23.8. The summed E-state index contributed by atoms with van der Waals surface area (Å²) in [6.07, 6.45) is 0. The highest BCUT2D eigenvalue weighted by Gasteiger charge is 2.67. The van der Waals surface area contributed by atoms with Crippen LogP contribution in [0.5, 0.6) is 0 Å². The molecule has 2 atom stereocenters. The lowest BCUT2D eigenvalue weighted by Gasteiger charge is -2.48. The maximum atomic E-state index is 8.12. The zero-order chi connectivity index (χ0) is 39.3. The summed E-state index contributed by atoms with van der Waals surface area (Å²) in [7, 11) is 0. The topological polar surface area (TPSA) is 18.5 Å². The predicted octanol–water partition coefficient (Wildman–Crippen LogP) is 17.0. The molecule has 2 heteroatoms. The van der Waals surface area contributed by atoms with Crippen LogP contribution in [0.25, 0.3) is 280 Å². The predicted molar refractivity (Wildman–Crippen MR) is 275 cm³/mol. The summed E-state index contributed by atoms with van der Waals surface area (Å²) in [6, 6.07) is 0. The van der Waals surface area contributed by atoms with Crippen LogP contribution in [-0.2, 0) is 20.7 Å². The molecule has 278 valence electrons. The van der Waals surface area contributed by atoms with Crippen molar-refractivity contribution in [3.05, 3.63) is 33.4 Å². The molecular formula is C64H10O2. The molecule has 27 aromatic carbocycles. The molecule has 2 nitrogen and oxygen atoms in total. The van der Waals surface area contributed by atoms with Gasteiger partial charge in [-0.25, -0.2) is 0 Å². The molecular weight excluding hydrogens is 801 g/mol. The van der Waals surface area contributed by atoms with Gasteiger partial charge in [-0.15, -0.1) is 0 Å². The van der Waals surface area contributed by atoms with E-state index >= 15 is 0 Å². The molecule has 0 saturated carbocycles. The normalized spacial score (nSPS) is 22.5. The summed E-state index contributed by atoms with van der Waals surface area (Å²) in [4.78, 5) is 0. The Hall–Kier alpha value is -7.62. The zero-order valence-corrected chi connectivity index (χ0v) is 34.2. The minimum absolute atomic E-state index is 0.660. The van der Waals surface area contributed by atoms with Gasteiger partial charge in [-0.2, -0.15) is 0 Å². The highest BCUT2D eigenvalue weighted by molar-refractivity contribution is 6.81. The van der Waals surface area contributed by atoms with Gasteiger partial charge in [-0.3, -0.25) is 0 Å². The van der Waals surface area contributed by atoms with Crippen LogP contribution in [0.2, 0.25) is 0 Å².